The first-order valence-electron chi connectivity index (χ1n) is 6.09. The molecule has 0 aromatic heterocycles. The van der Waals surface area contributed by atoms with Crippen molar-refractivity contribution < 1.29 is 14.7 Å². The minimum absolute atomic E-state index is 0.0671. The van der Waals surface area contributed by atoms with Crippen LogP contribution < -0.4 is 11.1 Å². The average Bonchev–Trinajstić information content (AvgIpc) is 2.30. The molecule has 19 heavy (non-hydrogen) atoms. The number of anilines is 1. The van der Waals surface area contributed by atoms with Crippen molar-refractivity contribution in [2.45, 2.75) is 33.2 Å². The lowest BCUT2D eigenvalue weighted by atomic mass is 9.95. The van der Waals surface area contributed by atoms with Gasteiger partial charge in [-0.15, -0.1) is 0 Å². The number of carbonyl (C=O) groups is 2. The van der Waals surface area contributed by atoms with E-state index in [0.29, 0.717) is 5.69 Å². The minimum Gasteiger partial charge on any atom is -0.480 e. The zero-order chi connectivity index (χ0) is 14.6. The average molecular weight is 264 g/mol. The van der Waals surface area contributed by atoms with Gasteiger partial charge in [-0.3, -0.25) is 9.59 Å². The van der Waals surface area contributed by atoms with Crippen LogP contribution in [-0.2, 0) is 16.0 Å². The molecule has 0 aliphatic carbocycles. The molecule has 5 nitrogen and oxygen atoms in total. The van der Waals surface area contributed by atoms with Crippen molar-refractivity contribution in [2.24, 2.45) is 11.1 Å². The number of aliphatic carboxylic acids is 1. The molecule has 1 amide bonds. The first-order chi connectivity index (χ1) is 8.70. The van der Waals surface area contributed by atoms with Gasteiger partial charge in [0.2, 0.25) is 5.91 Å². The van der Waals surface area contributed by atoms with E-state index in [1.807, 2.05) is 20.8 Å². The van der Waals surface area contributed by atoms with Gasteiger partial charge in [-0.25, -0.2) is 0 Å². The molecule has 0 radical (unpaired) electrons. The second-order valence-corrected chi connectivity index (χ2v) is 5.55. The Kier molecular flexibility index (Phi) is 4.67. The minimum atomic E-state index is -1.02. The number of carbonyl (C=O) groups excluding carboxylic acids is 1. The van der Waals surface area contributed by atoms with Crippen LogP contribution in [0.15, 0.2) is 24.3 Å². The molecule has 0 aliphatic heterocycles. The molecule has 104 valence electrons. The summed E-state index contributed by atoms with van der Waals surface area (Å²) in [6.07, 6.45) is 0.267. The molecule has 1 atom stereocenters. The van der Waals surface area contributed by atoms with Gasteiger partial charge in [0, 0.05) is 11.1 Å². The Balaban J connectivity index is 2.67. The van der Waals surface area contributed by atoms with Crippen molar-refractivity contribution in [1.29, 1.82) is 0 Å². The predicted molar refractivity (Wildman–Crippen MR) is 73.8 cm³/mol. The standard InChI is InChI=1S/C14H20N2O3/c1-14(2,3)13(19)16-10-6-4-9(5-7-10)8-11(15)12(17)18/h4-7,11H,8,15H2,1-3H3,(H,16,19)(H,17,18). The summed E-state index contributed by atoms with van der Waals surface area (Å²) in [5.74, 6) is -1.09. The van der Waals surface area contributed by atoms with Gasteiger partial charge in [-0.05, 0) is 24.1 Å². The molecule has 0 bridgehead atoms. The summed E-state index contributed by atoms with van der Waals surface area (Å²) in [6.45, 7) is 5.51. The first kappa shape index (κ1) is 15.2. The van der Waals surface area contributed by atoms with Gasteiger partial charge < -0.3 is 16.2 Å². The maximum atomic E-state index is 11.8. The summed E-state index contributed by atoms with van der Waals surface area (Å²) in [7, 11) is 0. The van der Waals surface area contributed by atoms with E-state index >= 15 is 0 Å². The second kappa shape index (κ2) is 5.84. The zero-order valence-electron chi connectivity index (χ0n) is 11.4. The van der Waals surface area contributed by atoms with Crippen molar-refractivity contribution in [3.8, 4) is 0 Å². The van der Waals surface area contributed by atoms with Gasteiger partial charge >= 0.3 is 5.97 Å². The summed E-state index contributed by atoms with van der Waals surface area (Å²) in [5.41, 5.74) is 6.51. The molecule has 1 aromatic rings. The zero-order valence-corrected chi connectivity index (χ0v) is 11.4. The summed E-state index contributed by atoms with van der Waals surface area (Å²) >= 11 is 0. The van der Waals surface area contributed by atoms with E-state index in [4.69, 9.17) is 10.8 Å². The van der Waals surface area contributed by atoms with E-state index in [-0.39, 0.29) is 12.3 Å². The molecule has 0 fully saturated rings. The van der Waals surface area contributed by atoms with Crippen LogP contribution in [0.1, 0.15) is 26.3 Å². The van der Waals surface area contributed by atoms with Crippen LogP contribution in [0.5, 0.6) is 0 Å². The molecule has 5 heteroatoms. The van der Waals surface area contributed by atoms with Crippen molar-refractivity contribution in [3.63, 3.8) is 0 Å². The van der Waals surface area contributed by atoms with Crippen LogP contribution in [0.3, 0.4) is 0 Å². The molecule has 0 saturated carbocycles. The van der Waals surface area contributed by atoms with Crippen molar-refractivity contribution in [1.82, 2.24) is 0 Å². The van der Waals surface area contributed by atoms with Gasteiger partial charge in [0.05, 0.1) is 0 Å². The van der Waals surface area contributed by atoms with E-state index < -0.39 is 17.4 Å². The van der Waals surface area contributed by atoms with Gasteiger partial charge in [-0.1, -0.05) is 32.9 Å². The number of benzene rings is 1. The number of amides is 1. The number of carboxylic acid groups (broad SMARTS) is 1. The van der Waals surface area contributed by atoms with Gasteiger partial charge in [0.15, 0.2) is 0 Å². The Morgan fingerprint density at radius 3 is 2.21 bits per heavy atom. The highest BCUT2D eigenvalue weighted by Gasteiger charge is 2.21. The van der Waals surface area contributed by atoms with Crippen molar-refractivity contribution in [2.75, 3.05) is 5.32 Å². The van der Waals surface area contributed by atoms with E-state index in [0.717, 1.165) is 5.56 Å². The maximum absolute atomic E-state index is 11.8. The normalized spacial score (nSPS) is 12.8. The summed E-state index contributed by atoms with van der Waals surface area (Å²) in [5, 5.41) is 11.5. The summed E-state index contributed by atoms with van der Waals surface area (Å²) in [6, 6.07) is 6.11. The Labute approximate surface area is 112 Å². The molecule has 0 saturated heterocycles. The molecule has 1 aromatic carbocycles. The third kappa shape index (κ3) is 4.71. The molecule has 1 rings (SSSR count). The molecule has 0 aliphatic rings. The molecular weight excluding hydrogens is 244 g/mol. The topological polar surface area (TPSA) is 92.4 Å². The Hall–Kier alpha value is -1.88. The lowest BCUT2D eigenvalue weighted by molar-refractivity contribution is -0.138. The largest absolute Gasteiger partial charge is 0.480 e. The Bertz CT molecular complexity index is 461. The quantitative estimate of drug-likeness (QED) is 0.770. The second-order valence-electron chi connectivity index (χ2n) is 5.55. The van der Waals surface area contributed by atoms with Crippen molar-refractivity contribution in [3.05, 3.63) is 29.8 Å². The fraction of sp³-hybridized carbons (Fsp3) is 0.429. The lowest BCUT2D eigenvalue weighted by Gasteiger charge is -2.17. The van der Waals surface area contributed by atoms with Crippen LogP contribution in [-0.4, -0.2) is 23.0 Å². The third-order valence-corrected chi connectivity index (χ3v) is 2.67. The number of carboxylic acids is 1. The molecule has 0 spiro atoms. The maximum Gasteiger partial charge on any atom is 0.320 e. The van der Waals surface area contributed by atoms with Crippen LogP contribution in [0.2, 0.25) is 0 Å². The number of nitrogens with one attached hydrogen (secondary N) is 1. The smallest absolute Gasteiger partial charge is 0.320 e. The van der Waals surface area contributed by atoms with Crippen molar-refractivity contribution >= 4 is 17.6 Å². The predicted octanol–water partition coefficient (Wildman–Crippen LogP) is 1.63. The monoisotopic (exact) mass is 264 g/mol. The van der Waals surface area contributed by atoms with Crippen LogP contribution >= 0.6 is 0 Å². The summed E-state index contributed by atoms with van der Waals surface area (Å²) < 4.78 is 0. The summed E-state index contributed by atoms with van der Waals surface area (Å²) in [4.78, 5) is 22.4. The first-order valence-corrected chi connectivity index (χ1v) is 6.09. The number of rotatable bonds is 4. The van der Waals surface area contributed by atoms with E-state index in [9.17, 15) is 9.59 Å². The molecule has 4 N–H and O–H groups in total. The molecule has 1 unspecified atom stereocenters. The van der Waals surface area contributed by atoms with E-state index in [2.05, 4.69) is 5.32 Å². The lowest BCUT2D eigenvalue weighted by Crippen LogP contribution is -2.32. The van der Waals surface area contributed by atoms with Gasteiger partial charge in [-0.2, -0.15) is 0 Å². The van der Waals surface area contributed by atoms with E-state index in [1.165, 1.54) is 0 Å². The Morgan fingerprint density at radius 1 is 1.26 bits per heavy atom. The highest BCUT2D eigenvalue weighted by molar-refractivity contribution is 5.94. The Morgan fingerprint density at radius 2 is 1.79 bits per heavy atom. The van der Waals surface area contributed by atoms with Gasteiger partial charge in [0.1, 0.15) is 6.04 Å². The van der Waals surface area contributed by atoms with Gasteiger partial charge in [0.25, 0.3) is 0 Å². The van der Waals surface area contributed by atoms with Crippen LogP contribution in [0.4, 0.5) is 5.69 Å². The highest BCUT2D eigenvalue weighted by Crippen LogP contribution is 2.18. The fourth-order valence-corrected chi connectivity index (χ4v) is 1.38. The fourth-order valence-electron chi connectivity index (χ4n) is 1.38. The van der Waals surface area contributed by atoms with Crippen LogP contribution in [0.25, 0.3) is 0 Å². The van der Waals surface area contributed by atoms with E-state index in [1.54, 1.807) is 24.3 Å². The number of hydrogen-bond acceptors (Lipinski definition) is 3. The molecule has 0 heterocycles. The third-order valence-electron chi connectivity index (χ3n) is 2.67. The number of hydrogen-bond donors (Lipinski definition) is 3. The number of nitrogens with two attached hydrogens (primary N) is 1. The SMILES string of the molecule is CC(C)(C)C(=O)Nc1ccc(CC(N)C(=O)O)cc1. The molecular formula is C14H20N2O3. The highest BCUT2D eigenvalue weighted by atomic mass is 16.4. The van der Waals surface area contributed by atoms with Crippen LogP contribution in [0, 0.1) is 5.41 Å².